The van der Waals surface area contributed by atoms with Crippen molar-refractivity contribution >= 4 is 32.6 Å². The van der Waals surface area contributed by atoms with E-state index in [0.29, 0.717) is 21.1 Å². The SMILES string of the molecule is Cc1ccc(-c2ccc(C(=O)Nc3nc4ccc(F)cc4s3)o2)cc1. The number of aryl methyl sites for hydroxylation is 1. The van der Waals surface area contributed by atoms with Crippen molar-refractivity contribution in [2.45, 2.75) is 6.92 Å². The molecule has 0 saturated heterocycles. The molecule has 124 valence electrons. The van der Waals surface area contributed by atoms with Crippen LogP contribution in [0.1, 0.15) is 16.1 Å². The average molecular weight is 352 g/mol. The van der Waals surface area contributed by atoms with Gasteiger partial charge in [0.1, 0.15) is 11.6 Å². The molecular weight excluding hydrogens is 339 g/mol. The molecule has 0 aliphatic heterocycles. The maximum Gasteiger partial charge on any atom is 0.293 e. The third-order valence-electron chi connectivity index (χ3n) is 3.74. The molecule has 2 heterocycles. The molecule has 2 aromatic heterocycles. The van der Waals surface area contributed by atoms with Crippen molar-refractivity contribution in [3.63, 3.8) is 0 Å². The number of thiazole rings is 1. The summed E-state index contributed by atoms with van der Waals surface area (Å²) in [6.07, 6.45) is 0. The zero-order valence-corrected chi connectivity index (χ0v) is 14.1. The monoisotopic (exact) mass is 352 g/mol. The Kier molecular flexibility index (Phi) is 3.82. The smallest absolute Gasteiger partial charge is 0.293 e. The maximum absolute atomic E-state index is 13.2. The summed E-state index contributed by atoms with van der Waals surface area (Å²) in [6, 6.07) is 15.6. The van der Waals surface area contributed by atoms with Crippen molar-refractivity contribution < 1.29 is 13.6 Å². The van der Waals surface area contributed by atoms with Gasteiger partial charge in [0.2, 0.25) is 0 Å². The van der Waals surface area contributed by atoms with Gasteiger partial charge < -0.3 is 4.42 Å². The van der Waals surface area contributed by atoms with E-state index < -0.39 is 5.91 Å². The highest BCUT2D eigenvalue weighted by Gasteiger charge is 2.15. The van der Waals surface area contributed by atoms with Gasteiger partial charge in [0.15, 0.2) is 10.9 Å². The van der Waals surface area contributed by atoms with E-state index in [2.05, 4.69) is 10.3 Å². The molecule has 0 bridgehead atoms. The molecule has 0 aliphatic carbocycles. The molecule has 0 saturated carbocycles. The number of fused-ring (bicyclic) bond motifs is 1. The van der Waals surface area contributed by atoms with E-state index in [1.807, 2.05) is 31.2 Å². The van der Waals surface area contributed by atoms with Crippen LogP contribution in [0.2, 0.25) is 0 Å². The first kappa shape index (κ1) is 15.5. The fourth-order valence-electron chi connectivity index (χ4n) is 2.44. The summed E-state index contributed by atoms with van der Waals surface area (Å²) in [4.78, 5) is 16.6. The Bertz CT molecular complexity index is 1070. The van der Waals surface area contributed by atoms with E-state index in [4.69, 9.17) is 4.42 Å². The number of benzene rings is 2. The van der Waals surface area contributed by atoms with Gasteiger partial charge in [-0.15, -0.1) is 0 Å². The molecule has 4 rings (SSSR count). The van der Waals surface area contributed by atoms with Crippen LogP contribution in [0.3, 0.4) is 0 Å². The van der Waals surface area contributed by atoms with Crippen LogP contribution in [0, 0.1) is 12.7 Å². The number of nitrogens with zero attached hydrogens (tertiary/aromatic N) is 1. The summed E-state index contributed by atoms with van der Waals surface area (Å²) in [5, 5.41) is 3.10. The van der Waals surface area contributed by atoms with Crippen molar-refractivity contribution in [3.05, 3.63) is 71.7 Å². The second-order valence-corrected chi connectivity index (χ2v) is 6.65. The van der Waals surface area contributed by atoms with Gasteiger partial charge in [-0.05, 0) is 37.3 Å². The number of hydrogen-bond acceptors (Lipinski definition) is 4. The highest BCUT2D eigenvalue weighted by molar-refractivity contribution is 7.22. The van der Waals surface area contributed by atoms with Crippen molar-refractivity contribution in [3.8, 4) is 11.3 Å². The van der Waals surface area contributed by atoms with Crippen molar-refractivity contribution in [2.24, 2.45) is 0 Å². The Morgan fingerprint density at radius 2 is 1.92 bits per heavy atom. The van der Waals surface area contributed by atoms with E-state index in [-0.39, 0.29) is 11.6 Å². The van der Waals surface area contributed by atoms with Gasteiger partial charge in [0.25, 0.3) is 5.91 Å². The van der Waals surface area contributed by atoms with Crippen molar-refractivity contribution in [1.29, 1.82) is 0 Å². The maximum atomic E-state index is 13.2. The van der Waals surface area contributed by atoms with Crippen LogP contribution in [0.5, 0.6) is 0 Å². The van der Waals surface area contributed by atoms with Gasteiger partial charge in [0, 0.05) is 5.56 Å². The number of halogens is 1. The van der Waals surface area contributed by atoms with Gasteiger partial charge in [-0.3, -0.25) is 10.1 Å². The van der Waals surface area contributed by atoms with Crippen LogP contribution < -0.4 is 5.32 Å². The van der Waals surface area contributed by atoms with Crippen molar-refractivity contribution in [2.75, 3.05) is 5.32 Å². The number of hydrogen-bond donors (Lipinski definition) is 1. The molecule has 0 fully saturated rings. The lowest BCUT2D eigenvalue weighted by molar-refractivity contribution is 0.0997. The third-order valence-corrected chi connectivity index (χ3v) is 4.67. The molecule has 4 nitrogen and oxygen atoms in total. The lowest BCUT2D eigenvalue weighted by Gasteiger charge is -1.99. The largest absolute Gasteiger partial charge is 0.451 e. The molecule has 0 unspecified atom stereocenters. The normalized spacial score (nSPS) is 11.0. The van der Waals surface area contributed by atoms with E-state index in [1.54, 1.807) is 18.2 Å². The quantitative estimate of drug-likeness (QED) is 0.547. The molecule has 0 radical (unpaired) electrons. The molecule has 4 aromatic rings. The highest BCUT2D eigenvalue weighted by Crippen LogP contribution is 2.28. The third kappa shape index (κ3) is 3.16. The number of rotatable bonds is 3. The topological polar surface area (TPSA) is 55.1 Å². The van der Waals surface area contributed by atoms with Crippen molar-refractivity contribution in [1.82, 2.24) is 4.98 Å². The first-order valence-electron chi connectivity index (χ1n) is 7.63. The first-order valence-corrected chi connectivity index (χ1v) is 8.44. The summed E-state index contributed by atoms with van der Waals surface area (Å²) < 4.78 is 19.6. The molecule has 1 N–H and O–H groups in total. The van der Waals surface area contributed by atoms with Crippen LogP contribution >= 0.6 is 11.3 Å². The Hall–Kier alpha value is -2.99. The van der Waals surface area contributed by atoms with Gasteiger partial charge in [-0.25, -0.2) is 9.37 Å². The lowest BCUT2D eigenvalue weighted by atomic mass is 10.1. The minimum absolute atomic E-state index is 0.195. The van der Waals surface area contributed by atoms with E-state index in [0.717, 1.165) is 11.1 Å². The number of aromatic nitrogens is 1. The summed E-state index contributed by atoms with van der Waals surface area (Å²) >= 11 is 1.21. The van der Waals surface area contributed by atoms with E-state index >= 15 is 0 Å². The van der Waals surface area contributed by atoms with Gasteiger partial charge in [-0.2, -0.15) is 0 Å². The predicted octanol–water partition coefficient (Wildman–Crippen LogP) is 5.26. The Labute approximate surface area is 146 Å². The van der Waals surface area contributed by atoms with E-state index in [9.17, 15) is 9.18 Å². The summed E-state index contributed by atoms with van der Waals surface area (Å²) in [6.45, 7) is 2.01. The Balaban J connectivity index is 1.55. The second-order valence-electron chi connectivity index (χ2n) is 5.62. The summed E-state index contributed by atoms with van der Waals surface area (Å²) in [5.41, 5.74) is 2.70. The number of carbonyl (C=O) groups excluding carboxylic acids is 1. The highest BCUT2D eigenvalue weighted by atomic mass is 32.1. The van der Waals surface area contributed by atoms with Gasteiger partial charge >= 0.3 is 0 Å². The second kappa shape index (κ2) is 6.14. The minimum Gasteiger partial charge on any atom is -0.451 e. The fourth-order valence-corrected chi connectivity index (χ4v) is 3.33. The zero-order chi connectivity index (χ0) is 17.4. The predicted molar refractivity (Wildman–Crippen MR) is 96.4 cm³/mol. The molecular formula is C19H13FN2O2S. The molecule has 25 heavy (non-hydrogen) atoms. The average Bonchev–Trinajstić information content (AvgIpc) is 3.21. The van der Waals surface area contributed by atoms with Gasteiger partial charge in [0.05, 0.1) is 10.2 Å². The molecule has 1 amide bonds. The first-order chi connectivity index (χ1) is 12.1. The molecule has 0 atom stereocenters. The Morgan fingerprint density at radius 1 is 1.12 bits per heavy atom. The number of carbonyl (C=O) groups is 1. The number of anilines is 1. The van der Waals surface area contributed by atoms with Crippen LogP contribution in [-0.4, -0.2) is 10.9 Å². The summed E-state index contributed by atoms with van der Waals surface area (Å²) in [7, 11) is 0. The van der Waals surface area contributed by atoms with Gasteiger partial charge in [-0.1, -0.05) is 41.2 Å². The van der Waals surface area contributed by atoms with Crippen LogP contribution in [0.4, 0.5) is 9.52 Å². The standard InChI is InChI=1S/C19H13FN2O2S/c1-11-2-4-12(5-3-11)15-8-9-16(24-15)18(23)22-19-21-14-7-6-13(20)10-17(14)25-19/h2-10H,1H3,(H,21,22,23). The van der Waals surface area contributed by atoms with Crippen LogP contribution in [0.15, 0.2) is 59.0 Å². The van der Waals surface area contributed by atoms with Crippen LogP contribution in [0.25, 0.3) is 21.5 Å². The molecule has 2 aromatic carbocycles. The summed E-state index contributed by atoms with van der Waals surface area (Å²) in [5.74, 6) is 0.0956. The van der Waals surface area contributed by atoms with E-state index in [1.165, 1.54) is 23.5 Å². The lowest BCUT2D eigenvalue weighted by Crippen LogP contribution is -2.10. The Morgan fingerprint density at radius 3 is 2.72 bits per heavy atom. The minimum atomic E-state index is -0.391. The molecule has 6 heteroatoms. The fraction of sp³-hybridized carbons (Fsp3) is 0.0526. The molecule has 0 spiro atoms. The number of amides is 1. The molecule has 0 aliphatic rings. The number of furan rings is 1. The van der Waals surface area contributed by atoms with Crippen LogP contribution in [-0.2, 0) is 0 Å². The number of nitrogens with one attached hydrogen (secondary N) is 1. The zero-order valence-electron chi connectivity index (χ0n) is 13.2.